The van der Waals surface area contributed by atoms with Gasteiger partial charge in [0.05, 0.1) is 13.0 Å². The van der Waals surface area contributed by atoms with Crippen LogP contribution in [0.5, 0.6) is 0 Å². The van der Waals surface area contributed by atoms with Gasteiger partial charge in [0.15, 0.2) is 5.96 Å². The van der Waals surface area contributed by atoms with Crippen molar-refractivity contribution < 1.29 is 18.0 Å². The SMILES string of the molecule is CN=C(NCCC(F)(F)F)NCC(=O)Nc1cc(Br)ccc1C.I. The summed E-state index contributed by atoms with van der Waals surface area (Å²) in [4.78, 5) is 15.6. The summed E-state index contributed by atoms with van der Waals surface area (Å²) in [6.07, 6.45) is -5.21. The average molecular weight is 523 g/mol. The molecule has 0 aliphatic rings. The maximum atomic E-state index is 12.1. The van der Waals surface area contributed by atoms with Crippen LogP contribution in [0.2, 0.25) is 0 Å². The molecule has 0 radical (unpaired) electrons. The van der Waals surface area contributed by atoms with Crippen molar-refractivity contribution in [1.82, 2.24) is 10.6 Å². The lowest BCUT2D eigenvalue weighted by Crippen LogP contribution is -2.42. The summed E-state index contributed by atoms with van der Waals surface area (Å²) >= 11 is 3.32. The number of amides is 1. The van der Waals surface area contributed by atoms with Crippen molar-refractivity contribution in [2.75, 3.05) is 25.5 Å². The molecule has 1 amide bonds. The van der Waals surface area contributed by atoms with Gasteiger partial charge in [0.2, 0.25) is 5.91 Å². The fourth-order valence-corrected chi connectivity index (χ4v) is 1.99. The van der Waals surface area contributed by atoms with Gasteiger partial charge in [0, 0.05) is 23.8 Å². The molecule has 5 nitrogen and oxygen atoms in total. The van der Waals surface area contributed by atoms with Crippen LogP contribution >= 0.6 is 39.9 Å². The topological polar surface area (TPSA) is 65.5 Å². The average Bonchev–Trinajstić information content (AvgIpc) is 2.45. The first kappa shape index (κ1) is 23.0. The number of alkyl halides is 3. The molecule has 1 aromatic rings. The summed E-state index contributed by atoms with van der Waals surface area (Å²) in [5.74, 6) is -0.194. The van der Waals surface area contributed by atoms with Crippen molar-refractivity contribution in [1.29, 1.82) is 0 Å². The van der Waals surface area contributed by atoms with Crippen LogP contribution in [0.4, 0.5) is 18.9 Å². The van der Waals surface area contributed by atoms with E-state index in [0.717, 1.165) is 10.0 Å². The Morgan fingerprint density at radius 1 is 1.29 bits per heavy atom. The zero-order chi connectivity index (χ0) is 17.5. The minimum absolute atomic E-state index is 0. The third-order valence-corrected chi connectivity index (χ3v) is 3.31. The Hall–Kier alpha value is -1.04. The molecule has 10 heteroatoms. The normalized spacial score (nSPS) is 11.5. The van der Waals surface area contributed by atoms with E-state index in [4.69, 9.17) is 0 Å². The molecule has 0 aliphatic carbocycles. The fraction of sp³-hybridized carbons (Fsp3) is 0.429. The van der Waals surface area contributed by atoms with Gasteiger partial charge in [-0.3, -0.25) is 9.79 Å². The van der Waals surface area contributed by atoms with Crippen LogP contribution in [0, 0.1) is 6.92 Å². The quantitative estimate of drug-likeness (QED) is 0.315. The van der Waals surface area contributed by atoms with Gasteiger partial charge in [-0.15, -0.1) is 24.0 Å². The van der Waals surface area contributed by atoms with Crippen molar-refractivity contribution in [3.05, 3.63) is 28.2 Å². The van der Waals surface area contributed by atoms with E-state index >= 15 is 0 Å². The molecule has 0 unspecified atom stereocenters. The molecule has 0 aromatic heterocycles. The van der Waals surface area contributed by atoms with Crippen molar-refractivity contribution in [2.24, 2.45) is 4.99 Å². The molecule has 136 valence electrons. The summed E-state index contributed by atoms with van der Waals surface area (Å²) in [5, 5.41) is 7.87. The van der Waals surface area contributed by atoms with E-state index in [2.05, 4.69) is 36.9 Å². The van der Waals surface area contributed by atoms with Gasteiger partial charge in [0.25, 0.3) is 0 Å². The molecule has 1 rings (SSSR count). The third-order valence-electron chi connectivity index (χ3n) is 2.81. The highest BCUT2D eigenvalue weighted by Gasteiger charge is 2.26. The highest BCUT2D eigenvalue weighted by atomic mass is 127. The maximum Gasteiger partial charge on any atom is 0.390 e. The molecular formula is C14H19BrF3IN4O. The van der Waals surface area contributed by atoms with E-state index < -0.39 is 12.6 Å². The number of aryl methyl sites for hydroxylation is 1. The van der Waals surface area contributed by atoms with Crippen LogP contribution in [0.15, 0.2) is 27.7 Å². The predicted molar refractivity (Wildman–Crippen MR) is 103 cm³/mol. The number of carbonyl (C=O) groups excluding carboxylic acids is 1. The van der Waals surface area contributed by atoms with Gasteiger partial charge in [-0.05, 0) is 24.6 Å². The maximum absolute atomic E-state index is 12.1. The van der Waals surface area contributed by atoms with E-state index in [1.807, 2.05) is 19.1 Å². The molecule has 1 aromatic carbocycles. The molecule has 0 heterocycles. The van der Waals surface area contributed by atoms with Gasteiger partial charge >= 0.3 is 6.18 Å². The van der Waals surface area contributed by atoms with Gasteiger partial charge in [0.1, 0.15) is 0 Å². The summed E-state index contributed by atoms with van der Waals surface area (Å²) in [6, 6.07) is 5.48. The van der Waals surface area contributed by atoms with Crippen molar-refractivity contribution in [3.8, 4) is 0 Å². The highest BCUT2D eigenvalue weighted by molar-refractivity contribution is 14.0. The van der Waals surface area contributed by atoms with E-state index in [0.29, 0.717) is 5.69 Å². The zero-order valence-electron chi connectivity index (χ0n) is 13.1. The minimum Gasteiger partial charge on any atom is -0.356 e. The largest absolute Gasteiger partial charge is 0.390 e. The minimum atomic E-state index is -4.23. The van der Waals surface area contributed by atoms with E-state index in [9.17, 15) is 18.0 Å². The van der Waals surface area contributed by atoms with Crippen LogP contribution in [-0.2, 0) is 4.79 Å². The summed E-state index contributed by atoms with van der Waals surface area (Å²) in [5.41, 5.74) is 1.56. The molecule has 0 fully saturated rings. The Morgan fingerprint density at radius 3 is 2.54 bits per heavy atom. The van der Waals surface area contributed by atoms with Crippen LogP contribution in [0.25, 0.3) is 0 Å². The summed E-state index contributed by atoms with van der Waals surface area (Å²) in [6.45, 7) is 1.43. The monoisotopic (exact) mass is 522 g/mol. The number of aliphatic imine (C=N–C) groups is 1. The van der Waals surface area contributed by atoms with Crippen LogP contribution in [0.3, 0.4) is 0 Å². The second-order valence-electron chi connectivity index (χ2n) is 4.73. The zero-order valence-corrected chi connectivity index (χ0v) is 17.0. The number of carbonyl (C=O) groups is 1. The van der Waals surface area contributed by atoms with E-state index in [1.165, 1.54) is 7.05 Å². The number of hydrogen-bond donors (Lipinski definition) is 3. The molecule has 3 N–H and O–H groups in total. The molecule has 0 aliphatic heterocycles. The molecule has 0 atom stereocenters. The number of nitrogens with one attached hydrogen (secondary N) is 3. The first-order valence-corrected chi connectivity index (χ1v) is 7.58. The second kappa shape index (κ2) is 10.7. The first-order chi connectivity index (χ1) is 10.7. The lowest BCUT2D eigenvalue weighted by atomic mass is 10.2. The molecule has 0 bridgehead atoms. The number of rotatable bonds is 5. The highest BCUT2D eigenvalue weighted by Crippen LogP contribution is 2.20. The van der Waals surface area contributed by atoms with E-state index in [-0.39, 0.29) is 48.9 Å². The number of guanidine groups is 1. The fourth-order valence-electron chi connectivity index (χ4n) is 1.63. The molecule has 0 spiro atoms. The molecular weight excluding hydrogens is 504 g/mol. The first-order valence-electron chi connectivity index (χ1n) is 6.78. The lowest BCUT2D eigenvalue weighted by Gasteiger charge is -2.13. The number of nitrogens with zero attached hydrogens (tertiary/aromatic N) is 1. The smallest absolute Gasteiger partial charge is 0.356 e. The van der Waals surface area contributed by atoms with Crippen molar-refractivity contribution >= 4 is 57.5 Å². The van der Waals surface area contributed by atoms with Gasteiger partial charge < -0.3 is 16.0 Å². The number of hydrogen-bond acceptors (Lipinski definition) is 2. The summed E-state index contributed by atoms with van der Waals surface area (Å²) < 4.78 is 37.0. The van der Waals surface area contributed by atoms with Crippen molar-refractivity contribution in [2.45, 2.75) is 19.5 Å². The summed E-state index contributed by atoms with van der Waals surface area (Å²) in [7, 11) is 1.42. The lowest BCUT2D eigenvalue weighted by molar-refractivity contribution is -0.132. The standard InChI is InChI=1S/C14H18BrF3N4O.HI/c1-9-3-4-10(15)7-11(9)22-12(23)8-21-13(19-2)20-6-5-14(16,17)18;/h3-4,7H,5-6,8H2,1-2H3,(H,22,23)(H2,19,20,21);1H. The van der Waals surface area contributed by atoms with Gasteiger partial charge in [-0.2, -0.15) is 13.2 Å². The molecule has 0 saturated carbocycles. The Bertz CT molecular complexity index is 582. The van der Waals surface area contributed by atoms with Gasteiger partial charge in [-0.1, -0.05) is 22.0 Å². The Balaban J connectivity index is 0.00000529. The Kier molecular flexibility index (Phi) is 10.3. The molecule has 0 saturated heterocycles. The Labute approximate surface area is 164 Å². The number of benzene rings is 1. The van der Waals surface area contributed by atoms with Crippen molar-refractivity contribution in [3.63, 3.8) is 0 Å². The van der Waals surface area contributed by atoms with Crippen LogP contribution < -0.4 is 16.0 Å². The van der Waals surface area contributed by atoms with Gasteiger partial charge in [-0.25, -0.2) is 0 Å². The predicted octanol–water partition coefficient (Wildman–Crippen LogP) is 3.43. The number of halogens is 5. The van der Waals surface area contributed by atoms with E-state index in [1.54, 1.807) is 6.07 Å². The van der Waals surface area contributed by atoms with Crippen LogP contribution in [-0.4, -0.2) is 38.2 Å². The Morgan fingerprint density at radius 2 is 1.96 bits per heavy atom. The number of anilines is 1. The molecule has 24 heavy (non-hydrogen) atoms. The third kappa shape index (κ3) is 9.30. The van der Waals surface area contributed by atoms with Crippen LogP contribution in [0.1, 0.15) is 12.0 Å². The second-order valence-corrected chi connectivity index (χ2v) is 5.64.